The van der Waals surface area contributed by atoms with Gasteiger partial charge in [-0.2, -0.15) is 0 Å². The molecule has 2 aromatic carbocycles. The molecule has 0 bridgehead atoms. The monoisotopic (exact) mass is 452 g/mol. The SMILES string of the molecule is CCN(Cc1nc2ccccc2c(=O)[nH]1)Cc1nnc(C(=O)NCc2ccc(F)cc2)s1. The maximum absolute atomic E-state index is 13.0. The molecule has 2 heterocycles. The van der Waals surface area contributed by atoms with Gasteiger partial charge in [-0.15, -0.1) is 10.2 Å². The summed E-state index contributed by atoms with van der Waals surface area (Å²) in [6, 6.07) is 13.1. The molecule has 0 radical (unpaired) electrons. The Morgan fingerprint density at radius 2 is 1.91 bits per heavy atom. The fourth-order valence-corrected chi connectivity index (χ4v) is 3.96. The highest BCUT2D eigenvalue weighted by Crippen LogP contribution is 2.14. The molecule has 164 valence electrons. The average Bonchev–Trinajstić information content (AvgIpc) is 3.27. The zero-order valence-electron chi connectivity index (χ0n) is 17.3. The standard InChI is InChI=1S/C22H21FN6O2S/c1-2-29(12-18-25-17-6-4-3-5-16(17)20(30)26-18)13-19-27-28-22(32-19)21(31)24-11-14-7-9-15(23)10-8-14/h3-10H,2,11-13H2,1H3,(H,24,31)(H,25,26,30). The number of aromatic amines is 1. The Balaban J connectivity index is 1.38. The van der Waals surface area contributed by atoms with E-state index in [9.17, 15) is 14.0 Å². The molecule has 32 heavy (non-hydrogen) atoms. The zero-order valence-corrected chi connectivity index (χ0v) is 18.2. The van der Waals surface area contributed by atoms with Crippen LogP contribution in [-0.2, 0) is 19.6 Å². The number of hydrogen-bond donors (Lipinski definition) is 2. The second-order valence-electron chi connectivity index (χ2n) is 7.14. The van der Waals surface area contributed by atoms with Crippen LogP contribution < -0.4 is 10.9 Å². The van der Waals surface area contributed by atoms with Crippen LogP contribution in [0.1, 0.15) is 33.1 Å². The molecule has 0 aliphatic carbocycles. The molecule has 0 fully saturated rings. The molecule has 4 rings (SSSR count). The topological polar surface area (TPSA) is 104 Å². The quantitative estimate of drug-likeness (QED) is 0.426. The van der Waals surface area contributed by atoms with Crippen molar-refractivity contribution < 1.29 is 9.18 Å². The van der Waals surface area contributed by atoms with E-state index in [2.05, 4.69) is 25.5 Å². The third kappa shape index (κ3) is 5.21. The number of rotatable bonds is 8. The molecule has 2 aromatic heterocycles. The molecule has 2 N–H and O–H groups in total. The van der Waals surface area contributed by atoms with Crippen molar-refractivity contribution in [3.05, 3.63) is 86.1 Å². The Bertz CT molecular complexity index is 1290. The summed E-state index contributed by atoms with van der Waals surface area (Å²) in [5.41, 5.74) is 1.27. The number of nitrogens with one attached hydrogen (secondary N) is 2. The molecule has 0 atom stereocenters. The van der Waals surface area contributed by atoms with Crippen LogP contribution in [0, 0.1) is 5.82 Å². The Kier molecular flexibility index (Phi) is 6.62. The van der Waals surface area contributed by atoms with Crippen LogP contribution in [0.25, 0.3) is 10.9 Å². The van der Waals surface area contributed by atoms with Crippen LogP contribution in [0.4, 0.5) is 4.39 Å². The van der Waals surface area contributed by atoms with E-state index >= 15 is 0 Å². The van der Waals surface area contributed by atoms with Gasteiger partial charge in [-0.05, 0) is 36.4 Å². The van der Waals surface area contributed by atoms with Crippen molar-refractivity contribution in [1.82, 2.24) is 30.4 Å². The summed E-state index contributed by atoms with van der Waals surface area (Å²) in [7, 11) is 0. The second-order valence-corrected chi connectivity index (χ2v) is 8.21. The van der Waals surface area contributed by atoms with Crippen molar-refractivity contribution in [2.75, 3.05) is 6.54 Å². The fourth-order valence-electron chi connectivity index (χ4n) is 3.16. The number of halogens is 1. The van der Waals surface area contributed by atoms with Crippen LogP contribution >= 0.6 is 11.3 Å². The number of benzene rings is 2. The second kappa shape index (κ2) is 9.75. The summed E-state index contributed by atoms with van der Waals surface area (Å²) in [6.07, 6.45) is 0. The molecule has 8 nitrogen and oxygen atoms in total. The van der Waals surface area contributed by atoms with Crippen LogP contribution in [-0.4, -0.2) is 37.5 Å². The third-order valence-electron chi connectivity index (χ3n) is 4.87. The van der Waals surface area contributed by atoms with E-state index in [1.807, 2.05) is 24.0 Å². The van der Waals surface area contributed by atoms with E-state index in [-0.39, 0.29) is 28.8 Å². The van der Waals surface area contributed by atoms with E-state index in [4.69, 9.17) is 0 Å². The summed E-state index contributed by atoms with van der Waals surface area (Å²) in [4.78, 5) is 34.1. The van der Waals surface area contributed by atoms with E-state index in [1.165, 1.54) is 23.5 Å². The Hall–Kier alpha value is -3.50. The first-order valence-electron chi connectivity index (χ1n) is 10.1. The number of fused-ring (bicyclic) bond motifs is 1. The lowest BCUT2D eigenvalue weighted by Crippen LogP contribution is -2.25. The first kappa shape index (κ1) is 21.7. The number of carbonyl (C=O) groups is 1. The molecule has 10 heteroatoms. The van der Waals surface area contributed by atoms with Crippen molar-refractivity contribution in [2.24, 2.45) is 0 Å². The maximum Gasteiger partial charge on any atom is 0.282 e. The van der Waals surface area contributed by atoms with Crippen LogP contribution in [0.2, 0.25) is 0 Å². The van der Waals surface area contributed by atoms with Gasteiger partial charge >= 0.3 is 0 Å². The van der Waals surface area contributed by atoms with Gasteiger partial charge in [0.15, 0.2) is 0 Å². The molecule has 1 amide bonds. The molecule has 0 unspecified atom stereocenters. The Labute approximate surface area is 187 Å². The molecular weight excluding hydrogens is 431 g/mol. The lowest BCUT2D eigenvalue weighted by molar-refractivity contribution is 0.0950. The van der Waals surface area contributed by atoms with Crippen molar-refractivity contribution in [3.63, 3.8) is 0 Å². The van der Waals surface area contributed by atoms with Gasteiger partial charge in [-0.1, -0.05) is 42.5 Å². The van der Waals surface area contributed by atoms with Crippen molar-refractivity contribution in [2.45, 2.75) is 26.6 Å². The minimum atomic E-state index is -0.332. The molecule has 0 saturated carbocycles. The van der Waals surface area contributed by atoms with Gasteiger partial charge in [-0.3, -0.25) is 14.5 Å². The van der Waals surface area contributed by atoms with Gasteiger partial charge in [-0.25, -0.2) is 9.37 Å². The van der Waals surface area contributed by atoms with E-state index in [0.29, 0.717) is 41.4 Å². The minimum Gasteiger partial charge on any atom is -0.346 e. The first-order chi connectivity index (χ1) is 15.5. The largest absolute Gasteiger partial charge is 0.346 e. The number of nitrogens with zero attached hydrogens (tertiary/aromatic N) is 4. The lowest BCUT2D eigenvalue weighted by atomic mass is 10.2. The number of amides is 1. The van der Waals surface area contributed by atoms with Gasteiger partial charge in [0.1, 0.15) is 16.6 Å². The van der Waals surface area contributed by atoms with Crippen molar-refractivity contribution in [3.8, 4) is 0 Å². The lowest BCUT2D eigenvalue weighted by Gasteiger charge is -2.18. The number of carbonyl (C=O) groups excluding carboxylic acids is 1. The van der Waals surface area contributed by atoms with Crippen molar-refractivity contribution in [1.29, 1.82) is 0 Å². The first-order valence-corrected chi connectivity index (χ1v) is 10.9. The maximum atomic E-state index is 13.0. The number of hydrogen-bond acceptors (Lipinski definition) is 7. The van der Waals surface area contributed by atoms with E-state index < -0.39 is 0 Å². The molecule has 0 aliphatic heterocycles. The molecule has 4 aromatic rings. The predicted molar refractivity (Wildman–Crippen MR) is 120 cm³/mol. The van der Waals surface area contributed by atoms with Gasteiger partial charge in [0.05, 0.1) is 24.0 Å². The highest BCUT2D eigenvalue weighted by Gasteiger charge is 2.16. The van der Waals surface area contributed by atoms with Crippen LogP contribution in [0.15, 0.2) is 53.3 Å². The van der Waals surface area contributed by atoms with Crippen LogP contribution in [0.3, 0.4) is 0 Å². The van der Waals surface area contributed by atoms with Gasteiger partial charge in [0.25, 0.3) is 11.5 Å². The fraction of sp³-hybridized carbons (Fsp3) is 0.227. The third-order valence-corrected chi connectivity index (χ3v) is 5.78. The van der Waals surface area contributed by atoms with Crippen LogP contribution in [0.5, 0.6) is 0 Å². The number of H-pyrrole nitrogens is 1. The highest BCUT2D eigenvalue weighted by atomic mass is 32.1. The minimum absolute atomic E-state index is 0.169. The molecule has 0 aliphatic rings. The average molecular weight is 453 g/mol. The summed E-state index contributed by atoms with van der Waals surface area (Å²) < 4.78 is 13.0. The van der Waals surface area contributed by atoms with E-state index in [0.717, 1.165) is 5.56 Å². The summed E-state index contributed by atoms with van der Waals surface area (Å²) in [6.45, 7) is 3.87. The Morgan fingerprint density at radius 3 is 2.69 bits per heavy atom. The van der Waals surface area contributed by atoms with E-state index in [1.54, 1.807) is 24.3 Å². The molecule has 0 spiro atoms. The van der Waals surface area contributed by atoms with Gasteiger partial charge < -0.3 is 10.3 Å². The van der Waals surface area contributed by atoms with Gasteiger partial charge in [0.2, 0.25) is 5.01 Å². The summed E-state index contributed by atoms with van der Waals surface area (Å²) in [5.74, 6) is -0.0868. The molecule has 0 saturated heterocycles. The zero-order chi connectivity index (χ0) is 22.5. The molecular formula is C22H21FN6O2S. The normalized spacial score (nSPS) is 11.2. The smallest absolute Gasteiger partial charge is 0.282 e. The number of para-hydroxylation sites is 1. The summed E-state index contributed by atoms with van der Waals surface area (Å²) in [5, 5.41) is 12.4. The highest BCUT2D eigenvalue weighted by molar-refractivity contribution is 7.13. The number of aromatic nitrogens is 4. The van der Waals surface area contributed by atoms with Crippen molar-refractivity contribution >= 4 is 28.1 Å². The summed E-state index contributed by atoms with van der Waals surface area (Å²) >= 11 is 1.21. The predicted octanol–water partition coefficient (Wildman–Crippen LogP) is 2.87. The van der Waals surface area contributed by atoms with Gasteiger partial charge in [0, 0.05) is 6.54 Å². The Morgan fingerprint density at radius 1 is 1.12 bits per heavy atom.